The van der Waals surface area contributed by atoms with Crippen LogP contribution in [0.15, 0.2) is 164 Å². The van der Waals surface area contributed by atoms with Gasteiger partial charge in [-0.1, -0.05) is 219 Å². The van der Waals surface area contributed by atoms with Crippen LogP contribution in [0.2, 0.25) is 5.02 Å². The predicted octanol–water partition coefficient (Wildman–Crippen LogP) is 26.4. The third-order valence-corrected chi connectivity index (χ3v) is 188. The molecule has 2 aliphatic carbocycles. The van der Waals surface area contributed by atoms with E-state index in [1.54, 1.807) is 5.56 Å². The fourth-order valence-electron chi connectivity index (χ4n) is 16.9. The van der Waals surface area contributed by atoms with Crippen LogP contribution >= 0.6 is 102 Å². The van der Waals surface area contributed by atoms with Gasteiger partial charge in [0.25, 0.3) is 6.71 Å². The van der Waals surface area contributed by atoms with Gasteiger partial charge in [-0.15, -0.1) is 0 Å². The first-order valence-corrected chi connectivity index (χ1v) is 65.3. The monoisotopic (exact) mass is 1930 g/mol. The van der Waals surface area contributed by atoms with Gasteiger partial charge in [0.2, 0.25) is 0 Å². The molecule has 4 heterocycles. The Labute approximate surface area is 613 Å². The second-order valence-electron chi connectivity index (χ2n) is 32.3. The molecule has 0 amide bonds. The van der Waals surface area contributed by atoms with Gasteiger partial charge in [-0.3, -0.25) is 0 Å². The van der Waals surface area contributed by atoms with Crippen molar-refractivity contribution in [3.8, 4) is 0 Å². The number of hydrogen-bond donors (Lipinski definition) is 0. The summed E-state index contributed by atoms with van der Waals surface area (Å²) in [5, 5.41) is 0.751. The molecule has 0 spiro atoms. The summed E-state index contributed by atoms with van der Waals surface area (Å²) in [6.07, 6.45) is 9.99. The average molecular weight is 1930 g/mol. The Hall–Kier alpha value is -2.31. The van der Waals surface area contributed by atoms with E-state index in [1.807, 2.05) is 0 Å². The van der Waals surface area contributed by atoms with Crippen molar-refractivity contribution in [3.05, 3.63) is 208 Å². The molecule has 0 N–H and O–H groups in total. The number of halogens is 7. The van der Waals surface area contributed by atoms with Crippen molar-refractivity contribution in [1.29, 1.82) is 0 Å². The summed E-state index contributed by atoms with van der Waals surface area (Å²) in [4.78, 5) is 10.4. The van der Waals surface area contributed by atoms with Crippen molar-refractivity contribution in [2.75, 3.05) is 19.6 Å². The van der Waals surface area contributed by atoms with Crippen LogP contribution in [-0.4, -0.2) is 17.8 Å². The third-order valence-electron chi connectivity index (χ3n) is 22.4. The summed E-state index contributed by atoms with van der Waals surface area (Å²) in [6, 6.07) is 62.7. The first kappa shape index (κ1) is 70.6. The topological polar surface area (TPSA) is 13.0 Å². The van der Waals surface area contributed by atoms with Gasteiger partial charge in [0.1, 0.15) is 0 Å². The number of para-hydroxylation sites is 2. The first-order chi connectivity index (χ1) is 43.6. The molecule has 93 heavy (non-hydrogen) atoms. The molecule has 8 aromatic rings. The van der Waals surface area contributed by atoms with Crippen molar-refractivity contribution in [2.24, 2.45) is 0 Å². The van der Waals surface area contributed by atoms with Crippen LogP contribution in [0.3, 0.4) is 0 Å². The molecule has 4 nitrogen and oxygen atoms in total. The Kier molecular flexibility index (Phi) is 19.7. The van der Waals surface area contributed by atoms with Gasteiger partial charge in [-0.25, -0.2) is 0 Å². The summed E-state index contributed by atoms with van der Waals surface area (Å²) < 4.78 is 0. The molecule has 14 rings (SSSR count). The predicted molar refractivity (Wildman–Crippen MR) is 461 cm³/mol. The molecule has 490 valence electrons. The minimum atomic E-state index is -0.314. The zero-order valence-electron chi connectivity index (χ0n) is 57.8. The molecule has 4 aliphatic heterocycles. The summed E-state index contributed by atoms with van der Waals surface area (Å²) in [5.41, 5.74) is 27.5. The van der Waals surface area contributed by atoms with Crippen LogP contribution in [0.4, 0.5) is 56.9 Å². The van der Waals surface area contributed by atoms with E-state index >= 15 is 0 Å². The van der Waals surface area contributed by atoms with Crippen LogP contribution < -0.4 is 36.0 Å². The Balaban J connectivity index is 0.000000165. The van der Waals surface area contributed by atoms with Crippen molar-refractivity contribution >= 4 is 182 Å². The Morgan fingerprint density at radius 2 is 0.903 bits per heavy atom. The number of nitrogens with zero attached hydrogens (tertiary/aromatic N) is 4. The summed E-state index contributed by atoms with van der Waals surface area (Å²) in [5.74, 6) is 0. The standard InChI is InChI=1S/C41H47BN2.C40H47ClN2.I6/c1-26-23-34-36-35(24-26)44-37-30(40(8)21-10-11-22-41(40,44)9)13-12-14-31(37)42(36)32-25-28(39(5,6)7)17-20-33(32)43(34)29-18-15-27(16-19-29)38(2,3)4;1-37(2,3)28-15-19-31(20-16-28)42(32-21-17-29(18-22-32)38(4,5)6)33-25-30(41)26-34(27-33)43-36-14-10-9-13-35(36)39(7)23-11-12-24-40(39,43)8;1-5(2)6(3)4/h12-20,23-25H,10-11,21-22H2,1-9H3;9-10,13-22,25-27H,11-12,23-24H2,1-8H3;. The van der Waals surface area contributed by atoms with E-state index < -0.39 is 0 Å². The molecule has 0 radical (unpaired) electrons. The fraction of sp³-hybridized carbons (Fsp3) is 0.407. The zero-order chi connectivity index (χ0) is 66.9. The second kappa shape index (κ2) is 26.0. The van der Waals surface area contributed by atoms with Gasteiger partial charge in [0.15, 0.2) is 0 Å². The second-order valence-corrected chi connectivity index (χ2v) is 130. The summed E-state index contributed by atoms with van der Waals surface area (Å²) in [7, 11) is -0.628. The van der Waals surface area contributed by atoms with Gasteiger partial charge >= 0.3 is 90.3 Å². The molecule has 2 saturated carbocycles. The number of anilines is 10. The molecule has 0 bridgehead atoms. The number of benzene rings is 8. The van der Waals surface area contributed by atoms with E-state index in [1.165, 1.54) is 129 Å². The zero-order valence-corrected chi connectivity index (χ0v) is 71.5. The van der Waals surface area contributed by atoms with E-state index in [-0.39, 0.29) is 66.1 Å². The van der Waals surface area contributed by atoms with Crippen LogP contribution in [-0.2, 0) is 32.5 Å². The Morgan fingerprint density at radius 1 is 0.430 bits per heavy atom. The van der Waals surface area contributed by atoms with E-state index in [0.29, 0.717) is 0 Å². The molecule has 0 aromatic heterocycles. The van der Waals surface area contributed by atoms with E-state index in [9.17, 15) is 0 Å². The van der Waals surface area contributed by atoms with E-state index in [0.717, 1.165) is 34.2 Å². The van der Waals surface area contributed by atoms with Crippen molar-refractivity contribution < 1.29 is 0 Å². The molecular formula is C81H94BClI6N4. The van der Waals surface area contributed by atoms with Gasteiger partial charge < -0.3 is 19.6 Å². The number of rotatable bonds is 6. The summed E-state index contributed by atoms with van der Waals surface area (Å²) in [6.45, 7) is 40.1. The van der Waals surface area contributed by atoms with Crippen LogP contribution in [0.5, 0.6) is 0 Å². The fourth-order valence-corrected chi connectivity index (χ4v) is 17.1. The third kappa shape index (κ3) is 12.6. The average Bonchev–Trinajstić information content (AvgIpc) is 1.55. The molecule has 4 unspecified atom stereocenters. The van der Waals surface area contributed by atoms with Gasteiger partial charge in [-0.2, -0.15) is 0 Å². The van der Waals surface area contributed by atoms with Crippen molar-refractivity contribution in [2.45, 2.75) is 213 Å². The quantitative estimate of drug-likeness (QED) is 0.121. The molecule has 2 fully saturated rings. The van der Waals surface area contributed by atoms with E-state index in [4.69, 9.17) is 11.6 Å². The molecule has 8 aromatic carbocycles. The first-order valence-electron chi connectivity index (χ1n) is 33.5. The molecule has 12 heteroatoms. The van der Waals surface area contributed by atoms with Crippen molar-refractivity contribution in [3.63, 3.8) is 0 Å². The summed E-state index contributed by atoms with van der Waals surface area (Å²) >= 11 is 17.6. The van der Waals surface area contributed by atoms with Gasteiger partial charge in [0.05, 0.1) is 11.1 Å². The van der Waals surface area contributed by atoms with Crippen molar-refractivity contribution in [1.82, 2.24) is 0 Å². The SMILES string of the molecule is CC(C)(C)c1ccc(N(c2ccc(C(C)(C)C)cc2)c2cc(Cl)cc(N3c4ccccc4C4(C)CCCCC34C)c2)cc1.Cc1cc2c3c(c1)N1c4c(cccc4C4(C)CCCCC14C)B3c1cc(C(C)(C)C)ccc1N2c1ccc(C(C)(C)C)cc1.II(I)I(I)I. The Morgan fingerprint density at radius 3 is 1.44 bits per heavy atom. The Bertz CT molecular complexity index is 4060. The van der Waals surface area contributed by atoms with Crippen LogP contribution in [0.25, 0.3) is 0 Å². The normalized spacial score (nSPS) is 22.0. The maximum atomic E-state index is 7.05. The van der Waals surface area contributed by atoms with Gasteiger partial charge in [0, 0.05) is 72.7 Å². The molecule has 0 saturated heterocycles. The van der Waals surface area contributed by atoms with E-state index in [2.05, 4.69) is 376 Å². The van der Waals surface area contributed by atoms with Gasteiger partial charge in [-0.05, 0) is 202 Å². The molecular weight excluding hydrogens is 1840 g/mol. The number of aryl methyl sites for hydroxylation is 1. The molecule has 6 aliphatic rings. The van der Waals surface area contributed by atoms with Crippen LogP contribution in [0, 0.1) is 6.92 Å². The molecule has 4 atom stereocenters. The number of hydrogen-bond acceptors (Lipinski definition) is 4. The number of fused-ring (bicyclic) bond motifs is 10. The maximum absolute atomic E-state index is 7.05. The minimum absolute atomic E-state index is 0.0234. The van der Waals surface area contributed by atoms with Crippen LogP contribution in [0.1, 0.15) is 201 Å².